The van der Waals surface area contributed by atoms with Gasteiger partial charge < -0.3 is 15.4 Å². The Kier molecular flexibility index (Phi) is 7.28. The molecule has 0 bridgehead atoms. The van der Waals surface area contributed by atoms with Crippen molar-refractivity contribution in [3.05, 3.63) is 58.1 Å². The van der Waals surface area contributed by atoms with E-state index in [1.165, 1.54) is 23.1 Å². The van der Waals surface area contributed by atoms with E-state index in [1.54, 1.807) is 31.4 Å². The van der Waals surface area contributed by atoms with Crippen LogP contribution >= 0.6 is 0 Å². The second-order valence-corrected chi connectivity index (χ2v) is 8.78. The van der Waals surface area contributed by atoms with E-state index in [1.807, 2.05) is 0 Å². The Balaban J connectivity index is 1.35. The lowest BCUT2D eigenvalue weighted by atomic mass is 9.81. The first-order chi connectivity index (χ1) is 16.9. The highest BCUT2D eigenvalue weighted by Crippen LogP contribution is 2.38. The summed E-state index contributed by atoms with van der Waals surface area (Å²) in [5.41, 5.74) is 0.718. The number of methoxy groups -OCH3 is 1. The van der Waals surface area contributed by atoms with Crippen molar-refractivity contribution < 1.29 is 24.0 Å². The number of benzene rings is 2. The lowest BCUT2D eigenvalue weighted by molar-refractivity contribution is -0.384. The van der Waals surface area contributed by atoms with Crippen LogP contribution in [-0.4, -0.2) is 47.7 Å². The zero-order valence-electron chi connectivity index (χ0n) is 19.5. The molecule has 1 aliphatic heterocycles. The highest BCUT2D eigenvalue weighted by Gasteiger charge is 2.47. The number of likely N-dealkylation sites (tertiary alicyclic amines) is 1. The summed E-state index contributed by atoms with van der Waals surface area (Å²) in [7, 11) is 1.54. The molecule has 0 unspecified atom stereocenters. The molecular weight excluding hydrogens is 452 g/mol. The van der Waals surface area contributed by atoms with Gasteiger partial charge in [-0.15, -0.1) is 0 Å². The molecule has 184 valence electrons. The molecule has 4 rings (SSSR count). The van der Waals surface area contributed by atoms with Gasteiger partial charge in [0, 0.05) is 30.4 Å². The van der Waals surface area contributed by atoms with E-state index in [-0.39, 0.29) is 47.1 Å². The van der Waals surface area contributed by atoms with Gasteiger partial charge in [-0.2, -0.15) is 0 Å². The van der Waals surface area contributed by atoms with E-state index >= 15 is 0 Å². The zero-order valence-corrected chi connectivity index (χ0v) is 19.5. The lowest BCUT2D eigenvalue weighted by Crippen LogP contribution is -2.33. The summed E-state index contributed by atoms with van der Waals surface area (Å²) in [6.45, 7) is 0.623. The van der Waals surface area contributed by atoms with E-state index in [0.717, 1.165) is 25.7 Å². The molecule has 1 saturated heterocycles. The SMILES string of the molecule is COc1ccc(NC(=O)c2ccc(NCCCN3C(=O)[C@@H]4CCCC[C@H]4C3=O)c([N+](=O)[O-])c2)cc1. The zero-order chi connectivity index (χ0) is 24.9. The minimum atomic E-state index is -0.551. The fourth-order valence-electron chi connectivity index (χ4n) is 4.76. The van der Waals surface area contributed by atoms with E-state index in [4.69, 9.17) is 4.74 Å². The minimum absolute atomic E-state index is 0.0853. The molecule has 1 aliphatic carbocycles. The maximum atomic E-state index is 12.6. The number of nitrogens with zero attached hydrogens (tertiary/aromatic N) is 2. The molecule has 1 saturated carbocycles. The van der Waals surface area contributed by atoms with Gasteiger partial charge in [-0.1, -0.05) is 12.8 Å². The Morgan fingerprint density at radius 2 is 1.74 bits per heavy atom. The largest absolute Gasteiger partial charge is 0.497 e. The van der Waals surface area contributed by atoms with Crippen LogP contribution in [0.2, 0.25) is 0 Å². The number of hydrogen-bond acceptors (Lipinski definition) is 7. The smallest absolute Gasteiger partial charge is 0.293 e. The second kappa shape index (κ2) is 10.5. The normalized spacial score (nSPS) is 19.3. The van der Waals surface area contributed by atoms with Crippen LogP contribution in [0.3, 0.4) is 0 Å². The quantitative estimate of drug-likeness (QED) is 0.241. The second-order valence-electron chi connectivity index (χ2n) is 8.78. The van der Waals surface area contributed by atoms with Crippen LogP contribution in [0.25, 0.3) is 0 Å². The number of nitro groups is 1. The molecule has 0 spiro atoms. The van der Waals surface area contributed by atoms with Gasteiger partial charge in [0.15, 0.2) is 0 Å². The predicted molar refractivity (Wildman–Crippen MR) is 129 cm³/mol. The van der Waals surface area contributed by atoms with Gasteiger partial charge in [0.2, 0.25) is 11.8 Å². The summed E-state index contributed by atoms with van der Waals surface area (Å²) >= 11 is 0. The molecular formula is C25H28N4O6. The molecule has 2 aromatic rings. The molecule has 2 fully saturated rings. The number of nitro benzene ring substituents is 1. The first-order valence-corrected chi connectivity index (χ1v) is 11.7. The number of nitrogens with one attached hydrogen (secondary N) is 2. The third-order valence-electron chi connectivity index (χ3n) is 6.61. The first kappa shape index (κ1) is 24.2. The molecule has 2 aliphatic rings. The van der Waals surface area contributed by atoms with Crippen molar-refractivity contribution in [3.63, 3.8) is 0 Å². The third kappa shape index (κ3) is 5.26. The summed E-state index contributed by atoms with van der Waals surface area (Å²) in [4.78, 5) is 50.1. The molecule has 2 aromatic carbocycles. The summed E-state index contributed by atoms with van der Waals surface area (Å²) in [5.74, 6) is -0.358. The van der Waals surface area contributed by atoms with E-state index < -0.39 is 10.8 Å². The Morgan fingerprint density at radius 3 is 2.34 bits per heavy atom. The molecule has 2 N–H and O–H groups in total. The van der Waals surface area contributed by atoms with E-state index in [9.17, 15) is 24.5 Å². The number of anilines is 2. The van der Waals surface area contributed by atoms with Crippen molar-refractivity contribution in [3.8, 4) is 5.75 Å². The minimum Gasteiger partial charge on any atom is -0.497 e. The summed E-state index contributed by atoms with van der Waals surface area (Å²) in [5, 5.41) is 17.3. The highest BCUT2D eigenvalue weighted by atomic mass is 16.6. The van der Waals surface area contributed by atoms with Crippen molar-refractivity contribution in [1.29, 1.82) is 0 Å². The number of imide groups is 1. The van der Waals surface area contributed by atoms with Crippen molar-refractivity contribution >= 4 is 34.8 Å². The Morgan fingerprint density at radius 1 is 1.09 bits per heavy atom. The van der Waals surface area contributed by atoms with Gasteiger partial charge in [0.05, 0.1) is 23.9 Å². The Hall–Kier alpha value is -3.95. The first-order valence-electron chi connectivity index (χ1n) is 11.7. The molecule has 0 aromatic heterocycles. The maximum Gasteiger partial charge on any atom is 0.293 e. The molecule has 10 heteroatoms. The monoisotopic (exact) mass is 480 g/mol. The topological polar surface area (TPSA) is 131 Å². The van der Waals surface area contributed by atoms with Gasteiger partial charge >= 0.3 is 0 Å². The summed E-state index contributed by atoms with van der Waals surface area (Å²) < 4.78 is 5.09. The van der Waals surface area contributed by atoms with Crippen molar-refractivity contribution in [2.45, 2.75) is 32.1 Å². The molecule has 0 radical (unpaired) electrons. The molecule has 2 atom stereocenters. The van der Waals surface area contributed by atoms with Crippen LogP contribution in [0.4, 0.5) is 17.1 Å². The van der Waals surface area contributed by atoms with Crippen molar-refractivity contribution in [2.75, 3.05) is 30.8 Å². The molecule has 35 heavy (non-hydrogen) atoms. The van der Waals surface area contributed by atoms with Gasteiger partial charge in [-0.05, 0) is 55.7 Å². The number of ether oxygens (including phenoxy) is 1. The van der Waals surface area contributed by atoms with Crippen molar-refractivity contribution in [2.24, 2.45) is 11.8 Å². The molecule has 10 nitrogen and oxygen atoms in total. The van der Waals surface area contributed by atoms with Gasteiger partial charge in [0.1, 0.15) is 11.4 Å². The van der Waals surface area contributed by atoms with Gasteiger partial charge in [-0.3, -0.25) is 29.4 Å². The predicted octanol–water partition coefficient (Wildman–Crippen LogP) is 3.83. The van der Waals surface area contributed by atoms with Crippen LogP contribution in [0.5, 0.6) is 5.75 Å². The van der Waals surface area contributed by atoms with E-state index in [2.05, 4.69) is 10.6 Å². The van der Waals surface area contributed by atoms with E-state index in [0.29, 0.717) is 24.4 Å². The maximum absolute atomic E-state index is 12.6. The van der Waals surface area contributed by atoms with Crippen LogP contribution in [0.1, 0.15) is 42.5 Å². The van der Waals surface area contributed by atoms with Gasteiger partial charge in [-0.25, -0.2) is 0 Å². The number of carbonyl (C=O) groups is 3. The number of amides is 3. The fourth-order valence-corrected chi connectivity index (χ4v) is 4.76. The molecule has 3 amide bonds. The Labute approximate surface area is 202 Å². The average molecular weight is 481 g/mol. The average Bonchev–Trinajstić information content (AvgIpc) is 3.11. The van der Waals surface area contributed by atoms with Crippen LogP contribution in [0, 0.1) is 22.0 Å². The van der Waals surface area contributed by atoms with Crippen LogP contribution in [0.15, 0.2) is 42.5 Å². The van der Waals surface area contributed by atoms with Crippen molar-refractivity contribution in [1.82, 2.24) is 4.90 Å². The number of fused-ring (bicyclic) bond motifs is 1. The van der Waals surface area contributed by atoms with Gasteiger partial charge in [0.25, 0.3) is 11.6 Å². The number of hydrogen-bond donors (Lipinski definition) is 2. The Bertz CT molecular complexity index is 1110. The highest BCUT2D eigenvalue weighted by molar-refractivity contribution is 6.05. The summed E-state index contributed by atoms with van der Waals surface area (Å²) in [6.07, 6.45) is 3.97. The molecule has 1 heterocycles. The standard InChI is InChI=1S/C25H28N4O6/c1-35-18-10-8-17(9-11-18)27-23(30)16-7-12-21(22(15-16)29(33)34)26-13-4-14-28-24(31)19-5-2-3-6-20(19)25(28)32/h7-12,15,19-20,26H,2-6,13-14H2,1H3,(H,27,30)/t19-,20-/m1/s1. The summed E-state index contributed by atoms with van der Waals surface area (Å²) in [6, 6.07) is 11.0. The third-order valence-corrected chi connectivity index (χ3v) is 6.61. The van der Waals surface area contributed by atoms with Crippen LogP contribution in [-0.2, 0) is 9.59 Å². The number of carbonyl (C=O) groups excluding carboxylic acids is 3. The number of rotatable bonds is 9. The van der Waals surface area contributed by atoms with Crippen LogP contribution < -0.4 is 15.4 Å². The fraction of sp³-hybridized carbons (Fsp3) is 0.400. The lowest BCUT2D eigenvalue weighted by Gasteiger charge is -2.19.